The van der Waals surface area contributed by atoms with Gasteiger partial charge in [-0.3, -0.25) is 0 Å². The first-order chi connectivity index (χ1) is 8.05. The lowest BCUT2D eigenvalue weighted by Crippen LogP contribution is -2.30. The van der Waals surface area contributed by atoms with Crippen molar-refractivity contribution >= 4 is 5.95 Å². The SMILES string of the molecule is CC(C)(C)c1ccnc(NCC2CCCN2)n1. The van der Waals surface area contributed by atoms with Gasteiger partial charge in [0.25, 0.3) is 0 Å². The Kier molecular flexibility index (Phi) is 3.62. The highest BCUT2D eigenvalue weighted by molar-refractivity contribution is 5.27. The van der Waals surface area contributed by atoms with Crippen molar-refractivity contribution in [1.82, 2.24) is 15.3 Å². The first kappa shape index (κ1) is 12.3. The molecule has 1 unspecified atom stereocenters. The number of hydrogen-bond acceptors (Lipinski definition) is 4. The maximum absolute atomic E-state index is 4.55. The molecule has 0 amide bonds. The Morgan fingerprint density at radius 2 is 2.29 bits per heavy atom. The molecule has 1 aliphatic heterocycles. The summed E-state index contributed by atoms with van der Waals surface area (Å²) in [5.74, 6) is 0.742. The summed E-state index contributed by atoms with van der Waals surface area (Å²) in [4.78, 5) is 8.82. The van der Waals surface area contributed by atoms with E-state index in [-0.39, 0.29) is 5.41 Å². The van der Waals surface area contributed by atoms with Gasteiger partial charge in [-0.2, -0.15) is 0 Å². The second-order valence-corrected chi connectivity index (χ2v) is 5.69. The van der Waals surface area contributed by atoms with Crippen LogP contribution in [0.1, 0.15) is 39.3 Å². The average Bonchev–Trinajstić information content (AvgIpc) is 2.78. The predicted octanol–water partition coefficient (Wildman–Crippen LogP) is 1.94. The van der Waals surface area contributed by atoms with Gasteiger partial charge in [-0.1, -0.05) is 20.8 Å². The zero-order valence-electron chi connectivity index (χ0n) is 11.0. The Bertz CT molecular complexity index is 364. The van der Waals surface area contributed by atoms with Crippen LogP contribution in [0.15, 0.2) is 12.3 Å². The van der Waals surface area contributed by atoms with Gasteiger partial charge in [0.1, 0.15) is 0 Å². The van der Waals surface area contributed by atoms with E-state index in [4.69, 9.17) is 0 Å². The zero-order valence-corrected chi connectivity index (χ0v) is 11.0. The van der Waals surface area contributed by atoms with Crippen LogP contribution in [0.2, 0.25) is 0 Å². The fraction of sp³-hybridized carbons (Fsp3) is 0.692. The number of nitrogens with one attached hydrogen (secondary N) is 2. The molecular formula is C13H22N4. The smallest absolute Gasteiger partial charge is 0.222 e. The van der Waals surface area contributed by atoms with Gasteiger partial charge in [0.05, 0.1) is 5.69 Å². The molecule has 2 heterocycles. The molecule has 0 aliphatic carbocycles. The minimum Gasteiger partial charge on any atom is -0.353 e. The number of hydrogen-bond donors (Lipinski definition) is 2. The van der Waals surface area contributed by atoms with E-state index in [1.165, 1.54) is 12.8 Å². The normalized spacial score (nSPS) is 20.5. The lowest BCUT2D eigenvalue weighted by atomic mass is 9.92. The van der Waals surface area contributed by atoms with Crippen molar-refractivity contribution < 1.29 is 0 Å². The topological polar surface area (TPSA) is 49.8 Å². The van der Waals surface area contributed by atoms with Crippen molar-refractivity contribution in [2.24, 2.45) is 0 Å². The molecule has 4 nitrogen and oxygen atoms in total. The molecule has 1 aromatic rings. The summed E-state index contributed by atoms with van der Waals surface area (Å²) in [6, 6.07) is 2.55. The molecule has 1 aromatic heterocycles. The summed E-state index contributed by atoms with van der Waals surface area (Å²) in [6.45, 7) is 8.54. The molecular weight excluding hydrogens is 212 g/mol. The number of aromatic nitrogens is 2. The molecule has 94 valence electrons. The van der Waals surface area contributed by atoms with Crippen LogP contribution >= 0.6 is 0 Å². The van der Waals surface area contributed by atoms with Crippen molar-refractivity contribution in [2.45, 2.75) is 45.1 Å². The van der Waals surface area contributed by atoms with E-state index in [1.807, 2.05) is 12.3 Å². The third-order valence-electron chi connectivity index (χ3n) is 3.09. The summed E-state index contributed by atoms with van der Waals surface area (Å²) in [6.07, 6.45) is 4.35. The van der Waals surface area contributed by atoms with Crippen LogP contribution in [-0.4, -0.2) is 29.1 Å². The minimum absolute atomic E-state index is 0.0744. The van der Waals surface area contributed by atoms with Crippen molar-refractivity contribution in [2.75, 3.05) is 18.4 Å². The van der Waals surface area contributed by atoms with Gasteiger partial charge in [-0.05, 0) is 25.5 Å². The second kappa shape index (κ2) is 5.00. The number of nitrogens with zero attached hydrogens (tertiary/aromatic N) is 2. The molecule has 1 atom stereocenters. The van der Waals surface area contributed by atoms with Crippen molar-refractivity contribution in [3.05, 3.63) is 18.0 Å². The van der Waals surface area contributed by atoms with E-state index in [1.54, 1.807) is 0 Å². The molecule has 0 aromatic carbocycles. The Labute approximate surface area is 103 Å². The van der Waals surface area contributed by atoms with Gasteiger partial charge in [0.15, 0.2) is 0 Å². The highest BCUT2D eigenvalue weighted by atomic mass is 15.1. The lowest BCUT2D eigenvalue weighted by molar-refractivity contribution is 0.566. The zero-order chi connectivity index (χ0) is 12.3. The molecule has 17 heavy (non-hydrogen) atoms. The van der Waals surface area contributed by atoms with Crippen molar-refractivity contribution in [3.63, 3.8) is 0 Å². The Morgan fingerprint density at radius 1 is 1.47 bits per heavy atom. The average molecular weight is 234 g/mol. The Hall–Kier alpha value is -1.16. The van der Waals surface area contributed by atoms with E-state index in [0.717, 1.165) is 24.7 Å². The third kappa shape index (κ3) is 3.40. The van der Waals surface area contributed by atoms with Gasteiger partial charge in [0, 0.05) is 24.2 Å². The van der Waals surface area contributed by atoms with Crippen LogP contribution in [-0.2, 0) is 5.41 Å². The summed E-state index contributed by atoms with van der Waals surface area (Å²) >= 11 is 0. The van der Waals surface area contributed by atoms with Crippen molar-refractivity contribution in [3.8, 4) is 0 Å². The van der Waals surface area contributed by atoms with Crippen LogP contribution < -0.4 is 10.6 Å². The fourth-order valence-electron chi connectivity index (χ4n) is 2.01. The summed E-state index contributed by atoms with van der Waals surface area (Å²) in [5, 5.41) is 6.77. The molecule has 1 aliphatic rings. The highest BCUT2D eigenvalue weighted by Gasteiger charge is 2.17. The number of anilines is 1. The lowest BCUT2D eigenvalue weighted by Gasteiger charge is -2.18. The fourth-order valence-corrected chi connectivity index (χ4v) is 2.01. The molecule has 0 spiro atoms. The first-order valence-corrected chi connectivity index (χ1v) is 6.36. The molecule has 0 radical (unpaired) electrons. The van der Waals surface area contributed by atoms with Crippen LogP contribution in [0.5, 0.6) is 0 Å². The quantitative estimate of drug-likeness (QED) is 0.839. The summed E-state index contributed by atoms with van der Waals surface area (Å²) in [7, 11) is 0. The van der Waals surface area contributed by atoms with Crippen LogP contribution in [0.25, 0.3) is 0 Å². The monoisotopic (exact) mass is 234 g/mol. The molecule has 0 saturated carbocycles. The maximum atomic E-state index is 4.55. The summed E-state index contributed by atoms with van der Waals surface area (Å²) < 4.78 is 0. The minimum atomic E-state index is 0.0744. The molecule has 1 fully saturated rings. The van der Waals surface area contributed by atoms with Crippen LogP contribution in [0, 0.1) is 0 Å². The third-order valence-corrected chi connectivity index (χ3v) is 3.09. The first-order valence-electron chi connectivity index (χ1n) is 6.36. The van der Waals surface area contributed by atoms with Crippen LogP contribution in [0.3, 0.4) is 0 Å². The van der Waals surface area contributed by atoms with Gasteiger partial charge in [0.2, 0.25) is 5.95 Å². The van der Waals surface area contributed by atoms with Gasteiger partial charge in [-0.15, -0.1) is 0 Å². The van der Waals surface area contributed by atoms with E-state index >= 15 is 0 Å². The van der Waals surface area contributed by atoms with Gasteiger partial charge < -0.3 is 10.6 Å². The molecule has 0 bridgehead atoms. The Balaban J connectivity index is 1.96. The maximum Gasteiger partial charge on any atom is 0.222 e. The molecule has 1 saturated heterocycles. The van der Waals surface area contributed by atoms with E-state index in [9.17, 15) is 0 Å². The highest BCUT2D eigenvalue weighted by Crippen LogP contribution is 2.20. The van der Waals surface area contributed by atoms with E-state index in [0.29, 0.717) is 6.04 Å². The van der Waals surface area contributed by atoms with E-state index in [2.05, 4.69) is 41.4 Å². The predicted molar refractivity (Wildman–Crippen MR) is 70.2 cm³/mol. The van der Waals surface area contributed by atoms with E-state index < -0.39 is 0 Å². The van der Waals surface area contributed by atoms with Gasteiger partial charge >= 0.3 is 0 Å². The largest absolute Gasteiger partial charge is 0.353 e. The van der Waals surface area contributed by atoms with Crippen molar-refractivity contribution in [1.29, 1.82) is 0 Å². The van der Waals surface area contributed by atoms with Gasteiger partial charge in [-0.25, -0.2) is 9.97 Å². The second-order valence-electron chi connectivity index (χ2n) is 5.69. The van der Waals surface area contributed by atoms with Crippen LogP contribution in [0.4, 0.5) is 5.95 Å². The molecule has 2 N–H and O–H groups in total. The summed E-state index contributed by atoms with van der Waals surface area (Å²) in [5.41, 5.74) is 1.15. The number of rotatable bonds is 3. The molecule has 4 heteroatoms. The molecule has 2 rings (SSSR count). The Morgan fingerprint density at radius 3 is 2.94 bits per heavy atom. The standard InChI is InChI=1S/C13H22N4/c1-13(2,3)11-6-8-15-12(17-11)16-9-10-5-4-7-14-10/h6,8,10,14H,4-5,7,9H2,1-3H3,(H,15,16,17).